The van der Waals surface area contributed by atoms with Crippen LogP contribution in [0.2, 0.25) is 0 Å². The number of hydrogen-bond acceptors (Lipinski definition) is 4. The molecule has 102 valence electrons. The molecule has 2 aromatic rings. The zero-order valence-corrected chi connectivity index (χ0v) is 12.6. The number of anilines is 1. The zero-order valence-electron chi connectivity index (χ0n) is 11.8. The predicted molar refractivity (Wildman–Crippen MR) is 80.7 cm³/mol. The molecule has 19 heavy (non-hydrogen) atoms. The van der Waals surface area contributed by atoms with Gasteiger partial charge in [-0.3, -0.25) is 0 Å². The van der Waals surface area contributed by atoms with Crippen LogP contribution in [0.3, 0.4) is 0 Å². The molecule has 0 spiro atoms. The van der Waals surface area contributed by atoms with E-state index in [1.54, 1.807) is 18.3 Å². The van der Waals surface area contributed by atoms with Crippen molar-refractivity contribution >= 4 is 17.0 Å². The van der Waals surface area contributed by atoms with E-state index >= 15 is 0 Å². The zero-order chi connectivity index (χ0) is 14.0. The molecule has 0 bridgehead atoms. The Morgan fingerprint density at radius 3 is 2.47 bits per heavy atom. The average molecular weight is 276 g/mol. The topological polar surface area (TPSA) is 45.2 Å². The molecule has 0 aliphatic rings. The fourth-order valence-electron chi connectivity index (χ4n) is 2.24. The number of nitrogens with zero attached hydrogens (tertiary/aromatic N) is 1. The number of aryl methyl sites for hydroxylation is 2. The second-order valence-corrected chi connectivity index (χ2v) is 6.21. The lowest BCUT2D eigenvalue weighted by Crippen LogP contribution is -2.10. The number of para-hydroxylation sites is 1. The summed E-state index contributed by atoms with van der Waals surface area (Å²) in [5.41, 5.74) is 2.97. The molecule has 0 saturated carbocycles. The van der Waals surface area contributed by atoms with Crippen molar-refractivity contribution < 1.29 is 5.11 Å². The van der Waals surface area contributed by atoms with Crippen LogP contribution in [0.4, 0.5) is 5.69 Å². The van der Waals surface area contributed by atoms with E-state index < -0.39 is 6.10 Å². The maximum Gasteiger partial charge on any atom is 0.0901 e. The first kappa shape index (κ1) is 14.0. The van der Waals surface area contributed by atoms with Gasteiger partial charge in [0.15, 0.2) is 0 Å². The summed E-state index contributed by atoms with van der Waals surface area (Å²) >= 11 is 1.72. The Bertz CT molecular complexity index is 563. The highest BCUT2D eigenvalue weighted by Crippen LogP contribution is 2.29. The molecule has 2 rings (SSSR count). The van der Waals surface area contributed by atoms with Crippen LogP contribution in [0.25, 0.3) is 0 Å². The van der Waals surface area contributed by atoms with Crippen LogP contribution in [-0.2, 0) is 0 Å². The second-order valence-electron chi connectivity index (χ2n) is 4.80. The number of thiazole rings is 1. The third-order valence-electron chi connectivity index (χ3n) is 3.13. The maximum atomic E-state index is 9.79. The standard InChI is InChI=1S/C15H20N2OS/c1-9(15-11(3)19-12(4)17-15)16-14-8-6-5-7-13(14)10(2)18/h5-10,16,18H,1-4H3. The summed E-state index contributed by atoms with van der Waals surface area (Å²) in [5.74, 6) is 0. The van der Waals surface area contributed by atoms with E-state index in [1.807, 2.05) is 31.2 Å². The quantitative estimate of drug-likeness (QED) is 0.887. The van der Waals surface area contributed by atoms with Gasteiger partial charge in [0.05, 0.1) is 22.8 Å². The lowest BCUT2D eigenvalue weighted by atomic mass is 10.1. The van der Waals surface area contributed by atoms with Crippen molar-refractivity contribution in [2.75, 3.05) is 5.32 Å². The van der Waals surface area contributed by atoms with Gasteiger partial charge in [-0.1, -0.05) is 18.2 Å². The Morgan fingerprint density at radius 1 is 1.21 bits per heavy atom. The van der Waals surface area contributed by atoms with Crippen LogP contribution in [0.5, 0.6) is 0 Å². The molecule has 3 nitrogen and oxygen atoms in total. The monoisotopic (exact) mass is 276 g/mol. The van der Waals surface area contributed by atoms with Gasteiger partial charge in [0.2, 0.25) is 0 Å². The molecule has 0 radical (unpaired) electrons. The van der Waals surface area contributed by atoms with Crippen LogP contribution in [0.1, 0.15) is 47.1 Å². The van der Waals surface area contributed by atoms with E-state index in [2.05, 4.69) is 24.1 Å². The maximum absolute atomic E-state index is 9.79. The minimum Gasteiger partial charge on any atom is -0.389 e. The number of aliphatic hydroxyl groups excluding tert-OH is 1. The Labute approximate surface area is 118 Å². The molecule has 0 saturated heterocycles. The summed E-state index contributed by atoms with van der Waals surface area (Å²) in [4.78, 5) is 5.82. The first-order valence-electron chi connectivity index (χ1n) is 6.46. The van der Waals surface area contributed by atoms with Crippen molar-refractivity contribution in [3.05, 3.63) is 45.4 Å². The normalized spacial score (nSPS) is 14.2. The van der Waals surface area contributed by atoms with Gasteiger partial charge < -0.3 is 10.4 Å². The molecule has 0 amide bonds. The Hall–Kier alpha value is -1.39. The van der Waals surface area contributed by atoms with Crippen LogP contribution in [-0.4, -0.2) is 10.1 Å². The first-order valence-corrected chi connectivity index (χ1v) is 7.28. The smallest absolute Gasteiger partial charge is 0.0901 e. The number of nitrogens with one attached hydrogen (secondary N) is 1. The van der Waals surface area contributed by atoms with Crippen molar-refractivity contribution in [3.63, 3.8) is 0 Å². The van der Waals surface area contributed by atoms with Gasteiger partial charge in [-0.05, 0) is 33.8 Å². The lowest BCUT2D eigenvalue weighted by molar-refractivity contribution is 0.200. The van der Waals surface area contributed by atoms with E-state index in [9.17, 15) is 5.11 Å². The fraction of sp³-hybridized carbons (Fsp3) is 0.400. The van der Waals surface area contributed by atoms with E-state index in [0.29, 0.717) is 0 Å². The number of hydrogen-bond donors (Lipinski definition) is 2. The van der Waals surface area contributed by atoms with Crippen molar-refractivity contribution in [1.29, 1.82) is 0 Å². The highest BCUT2D eigenvalue weighted by molar-refractivity contribution is 7.11. The van der Waals surface area contributed by atoms with Crippen LogP contribution >= 0.6 is 11.3 Å². The summed E-state index contributed by atoms with van der Waals surface area (Å²) in [7, 11) is 0. The highest BCUT2D eigenvalue weighted by atomic mass is 32.1. The van der Waals surface area contributed by atoms with E-state index in [4.69, 9.17) is 0 Å². The van der Waals surface area contributed by atoms with Gasteiger partial charge in [0.25, 0.3) is 0 Å². The van der Waals surface area contributed by atoms with Crippen LogP contribution in [0.15, 0.2) is 24.3 Å². The van der Waals surface area contributed by atoms with Gasteiger partial charge >= 0.3 is 0 Å². The van der Waals surface area contributed by atoms with Gasteiger partial charge in [-0.2, -0.15) is 0 Å². The largest absolute Gasteiger partial charge is 0.389 e. The summed E-state index contributed by atoms with van der Waals surface area (Å²) in [6.45, 7) is 8.00. The number of aliphatic hydroxyl groups is 1. The minimum absolute atomic E-state index is 0.129. The number of rotatable bonds is 4. The van der Waals surface area contributed by atoms with Gasteiger partial charge in [-0.15, -0.1) is 11.3 Å². The van der Waals surface area contributed by atoms with E-state index in [-0.39, 0.29) is 6.04 Å². The Morgan fingerprint density at radius 2 is 1.89 bits per heavy atom. The van der Waals surface area contributed by atoms with Crippen LogP contribution in [0, 0.1) is 13.8 Å². The predicted octanol–water partition coefficient (Wildman–Crippen LogP) is 3.99. The van der Waals surface area contributed by atoms with E-state index in [1.165, 1.54) is 4.88 Å². The number of aromatic nitrogens is 1. The van der Waals surface area contributed by atoms with Crippen molar-refractivity contribution in [2.24, 2.45) is 0 Å². The minimum atomic E-state index is -0.478. The summed E-state index contributed by atoms with van der Waals surface area (Å²) in [6, 6.07) is 7.98. The third-order valence-corrected chi connectivity index (χ3v) is 4.03. The third kappa shape index (κ3) is 3.14. The molecule has 1 aromatic carbocycles. The Balaban J connectivity index is 2.24. The fourth-order valence-corrected chi connectivity index (χ4v) is 3.16. The molecule has 0 aliphatic carbocycles. The molecule has 2 N–H and O–H groups in total. The lowest BCUT2D eigenvalue weighted by Gasteiger charge is -2.18. The molecule has 0 fully saturated rings. The molecule has 0 aliphatic heterocycles. The molecule has 2 atom stereocenters. The van der Waals surface area contributed by atoms with Gasteiger partial charge in [0.1, 0.15) is 0 Å². The molecule has 1 heterocycles. The SMILES string of the molecule is Cc1nc(C(C)Nc2ccccc2C(C)O)c(C)s1. The van der Waals surface area contributed by atoms with Crippen LogP contribution < -0.4 is 5.32 Å². The van der Waals surface area contributed by atoms with Crippen molar-refractivity contribution in [3.8, 4) is 0 Å². The highest BCUT2D eigenvalue weighted by Gasteiger charge is 2.15. The van der Waals surface area contributed by atoms with Gasteiger partial charge in [-0.25, -0.2) is 4.98 Å². The molecular weight excluding hydrogens is 256 g/mol. The average Bonchev–Trinajstić information content (AvgIpc) is 2.69. The van der Waals surface area contributed by atoms with Crippen molar-refractivity contribution in [2.45, 2.75) is 39.8 Å². The number of benzene rings is 1. The molecular formula is C15H20N2OS. The summed E-state index contributed by atoms with van der Waals surface area (Å²) in [5, 5.41) is 14.3. The summed E-state index contributed by atoms with van der Waals surface area (Å²) in [6.07, 6.45) is -0.478. The molecule has 1 aromatic heterocycles. The van der Waals surface area contributed by atoms with Gasteiger partial charge in [0, 0.05) is 16.1 Å². The van der Waals surface area contributed by atoms with E-state index in [0.717, 1.165) is 22.0 Å². The Kier molecular flexibility index (Phi) is 4.22. The summed E-state index contributed by atoms with van der Waals surface area (Å²) < 4.78 is 0. The first-order chi connectivity index (χ1) is 8.99. The second kappa shape index (κ2) is 5.72. The molecule has 4 heteroatoms. The van der Waals surface area contributed by atoms with Crippen molar-refractivity contribution in [1.82, 2.24) is 4.98 Å². The molecule has 2 unspecified atom stereocenters.